The van der Waals surface area contributed by atoms with Gasteiger partial charge in [0.15, 0.2) is 5.82 Å². The molecule has 0 bridgehead atoms. The first kappa shape index (κ1) is 16.1. The van der Waals surface area contributed by atoms with Gasteiger partial charge in [-0.25, -0.2) is 24.3 Å². The summed E-state index contributed by atoms with van der Waals surface area (Å²) in [6, 6.07) is 9.97. The van der Waals surface area contributed by atoms with Crippen molar-refractivity contribution in [1.82, 2.24) is 19.9 Å². The smallest absolute Gasteiger partial charge is 0.151 e. The van der Waals surface area contributed by atoms with Crippen LogP contribution in [0.2, 0.25) is 0 Å². The Labute approximate surface area is 152 Å². The second-order valence-electron chi connectivity index (χ2n) is 5.47. The van der Waals surface area contributed by atoms with Gasteiger partial charge in [-0.3, -0.25) is 0 Å². The molecule has 0 aliphatic rings. The van der Waals surface area contributed by atoms with Gasteiger partial charge < -0.3 is 5.32 Å². The number of hydrogen-bond donors (Lipinski definition) is 1. The second kappa shape index (κ2) is 6.46. The normalized spacial score (nSPS) is 10.7. The summed E-state index contributed by atoms with van der Waals surface area (Å²) in [5.74, 6) is 0.701. The standard InChI is InChI=1S/C18H11FN6S/c1-10-7-14(23-9-22-10)25-17-16-13(5-6-21-17)24-18(26-16)15-11(8-20)3-2-4-12(15)19/h2-7,9H,1H3,(H,21,22,23,25). The quantitative estimate of drug-likeness (QED) is 0.587. The molecule has 26 heavy (non-hydrogen) atoms. The molecule has 0 fully saturated rings. The summed E-state index contributed by atoms with van der Waals surface area (Å²) in [5, 5.41) is 12.9. The molecule has 4 aromatic rings. The third kappa shape index (κ3) is 2.85. The van der Waals surface area contributed by atoms with E-state index in [1.807, 2.05) is 13.0 Å². The number of nitrogens with one attached hydrogen (secondary N) is 1. The molecule has 3 aromatic heterocycles. The number of benzene rings is 1. The van der Waals surface area contributed by atoms with Crippen LogP contribution in [0.5, 0.6) is 0 Å². The van der Waals surface area contributed by atoms with Gasteiger partial charge in [0.25, 0.3) is 0 Å². The van der Waals surface area contributed by atoms with Crippen molar-refractivity contribution < 1.29 is 4.39 Å². The van der Waals surface area contributed by atoms with Gasteiger partial charge in [0.1, 0.15) is 23.0 Å². The fourth-order valence-corrected chi connectivity index (χ4v) is 3.60. The zero-order chi connectivity index (χ0) is 18.1. The predicted molar refractivity (Wildman–Crippen MR) is 97.6 cm³/mol. The summed E-state index contributed by atoms with van der Waals surface area (Å²) in [5.41, 5.74) is 1.95. The number of thiazole rings is 1. The fourth-order valence-electron chi connectivity index (χ4n) is 2.53. The number of aromatic nitrogens is 4. The molecule has 0 aliphatic heterocycles. The number of nitriles is 1. The van der Waals surface area contributed by atoms with Crippen LogP contribution in [0.3, 0.4) is 0 Å². The van der Waals surface area contributed by atoms with E-state index in [-0.39, 0.29) is 11.1 Å². The van der Waals surface area contributed by atoms with Crippen LogP contribution in [-0.2, 0) is 0 Å². The van der Waals surface area contributed by atoms with Crippen LogP contribution in [0.4, 0.5) is 16.0 Å². The summed E-state index contributed by atoms with van der Waals surface area (Å²) in [6.45, 7) is 1.87. The highest BCUT2D eigenvalue weighted by atomic mass is 32.1. The van der Waals surface area contributed by atoms with Crippen LogP contribution in [0.25, 0.3) is 20.8 Å². The Morgan fingerprint density at radius 1 is 1.19 bits per heavy atom. The van der Waals surface area contributed by atoms with Crippen molar-refractivity contribution in [2.24, 2.45) is 0 Å². The minimum Gasteiger partial charge on any atom is -0.324 e. The summed E-state index contributed by atoms with van der Waals surface area (Å²) in [7, 11) is 0. The first-order valence-electron chi connectivity index (χ1n) is 7.66. The van der Waals surface area contributed by atoms with Gasteiger partial charge in [-0.1, -0.05) is 6.07 Å². The first-order valence-corrected chi connectivity index (χ1v) is 8.47. The summed E-state index contributed by atoms with van der Waals surface area (Å²) in [4.78, 5) is 17.1. The lowest BCUT2D eigenvalue weighted by molar-refractivity contribution is 0.631. The highest BCUT2D eigenvalue weighted by molar-refractivity contribution is 7.22. The van der Waals surface area contributed by atoms with Gasteiger partial charge in [-0.15, -0.1) is 11.3 Å². The molecule has 0 atom stereocenters. The van der Waals surface area contributed by atoms with Gasteiger partial charge in [0.05, 0.1) is 27.4 Å². The third-order valence-electron chi connectivity index (χ3n) is 3.70. The van der Waals surface area contributed by atoms with Crippen molar-refractivity contribution in [3.8, 4) is 16.6 Å². The maximum Gasteiger partial charge on any atom is 0.151 e. The number of nitrogens with zero attached hydrogens (tertiary/aromatic N) is 5. The maximum atomic E-state index is 14.3. The van der Waals surface area contributed by atoms with Crippen molar-refractivity contribution >= 4 is 33.2 Å². The Hall–Kier alpha value is -3.44. The zero-order valence-electron chi connectivity index (χ0n) is 13.6. The van der Waals surface area contributed by atoms with Crippen molar-refractivity contribution in [3.05, 3.63) is 59.9 Å². The predicted octanol–water partition coefficient (Wildman–Crippen LogP) is 4.21. The van der Waals surface area contributed by atoms with Gasteiger partial charge in [-0.05, 0) is 25.1 Å². The van der Waals surface area contributed by atoms with E-state index in [2.05, 4.69) is 25.3 Å². The van der Waals surface area contributed by atoms with Crippen LogP contribution >= 0.6 is 11.3 Å². The van der Waals surface area contributed by atoms with Crippen LogP contribution < -0.4 is 5.32 Å². The van der Waals surface area contributed by atoms with E-state index in [0.717, 1.165) is 10.4 Å². The van der Waals surface area contributed by atoms with Gasteiger partial charge in [0, 0.05) is 18.0 Å². The van der Waals surface area contributed by atoms with Crippen molar-refractivity contribution in [2.45, 2.75) is 6.92 Å². The highest BCUT2D eigenvalue weighted by Crippen LogP contribution is 2.36. The molecule has 0 spiro atoms. The Morgan fingerprint density at radius 2 is 2.08 bits per heavy atom. The van der Waals surface area contributed by atoms with Crippen LogP contribution in [0, 0.1) is 24.1 Å². The molecule has 0 amide bonds. The molecule has 126 valence electrons. The molecular weight excluding hydrogens is 351 g/mol. The molecule has 1 N–H and O–H groups in total. The lowest BCUT2D eigenvalue weighted by Crippen LogP contribution is -1.97. The van der Waals surface area contributed by atoms with Crippen LogP contribution in [0.1, 0.15) is 11.3 Å². The summed E-state index contributed by atoms with van der Waals surface area (Å²) < 4.78 is 15.1. The van der Waals surface area contributed by atoms with E-state index < -0.39 is 5.82 Å². The lowest BCUT2D eigenvalue weighted by Gasteiger charge is -2.05. The first-order chi connectivity index (χ1) is 12.7. The Morgan fingerprint density at radius 3 is 2.88 bits per heavy atom. The molecule has 3 heterocycles. The molecular formula is C18H11FN6S. The molecule has 8 heteroatoms. The molecule has 0 saturated heterocycles. The lowest BCUT2D eigenvalue weighted by atomic mass is 10.1. The molecule has 1 aromatic carbocycles. The van der Waals surface area contributed by atoms with Crippen molar-refractivity contribution in [2.75, 3.05) is 5.32 Å². The summed E-state index contributed by atoms with van der Waals surface area (Å²) >= 11 is 1.27. The third-order valence-corrected chi connectivity index (χ3v) is 4.80. The summed E-state index contributed by atoms with van der Waals surface area (Å²) in [6.07, 6.45) is 3.09. The Balaban J connectivity index is 1.83. The number of hydrogen-bond acceptors (Lipinski definition) is 7. The topological polar surface area (TPSA) is 87.4 Å². The fraction of sp³-hybridized carbons (Fsp3) is 0.0556. The van der Waals surface area contributed by atoms with Gasteiger partial charge in [-0.2, -0.15) is 5.26 Å². The molecule has 4 rings (SSSR count). The molecule has 0 unspecified atom stereocenters. The van der Waals surface area contributed by atoms with Crippen LogP contribution in [0.15, 0.2) is 42.9 Å². The minimum atomic E-state index is -0.475. The number of pyridine rings is 1. The molecule has 0 saturated carbocycles. The zero-order valence-corrected chi connectivity index (χ0v) is 14.4. The van der Waals surface area contributed by atoms with E-state index in [0.29, 0.717) is 22.2 Å². The number of aryl methyl sites for hydroxylation is 1. The molecule has 0 aliphatic carbocycles. The molecule has 6 nitrogen and oxygen atoms in total. The van der Waals surface area contributed by atoms with E-state index in [4.69, 9.17) is 0 Å². The number of rotatable bonds is 3. The number of fused-ring (bicyclic) bond motifs is 1. The monoisotopic (exact) mass is 362 g/mol. The average molecular weight is 362 g/mol. The van der Waals surface area contributed by atoms with Crippen molar-refractivity contribution in [3.63, 3.8) is 0 Å². The maximum absolute atomic E-state index is 14.3. The molecule has 0 radical (unpaired) electrons. The SMILES string of the molecule is Cc1cc(Nc2nccc3nc(-c4c(F)cccc4C#N)sc23)ncn1. The Bertz CT molecular complexity index is 1160. The minimum absolute atomic E-state index is 0.208. The second-order valence-corrected chi connectivity index (χ2v) is 6.47. The van der Waals surface area contributed by atoms with Gasteiger partial charge in [0.2, 0.25) is 0 Å². The number of halogens is 1. The number of anilines is 2. The average Bonchev–Trinajstić information content (AvgIpc) is 3.06. The van der Waals surface area contributed by atoms with E-state index >= 15 is 0 Å². The van der Waals surface area contributed by atoms with Crippen LogP contribution in [-0.4, -0.2) is 19.9 Å². The van der Waals surface area contributed by atoms with E-state index in [9.17, 15) is 9.65 Å². The Kier molecular flexibility index (Phi) is 3.99. The van der Waals surface area contributed by atoms with E-state index in [1.54, 1.807) is 24.4 Å². The largest absolute Gasteiger partial charge is 0.324 e. The van der Waals surface area contributed by atoms with Gasteiger partial charge >= 0.3 is 0 Å². The highest BCUT2D eigenvalue weighted by Gasteiger charge is 2.17. The van der Waals surface area contributed by atoms with Crippen molar-refractivity contribution in [1.29, 1.82) is 5.26 Å². The van der Waals surface area contributed by atoms with E-state index in [1.165, 1.54) is 29.8 Å².